The van der Waals surface area contributed by atoms with E-state index in [1.165, 1.54) is 24.8 Å². The van der Waals surface area contributed by atoms with Gasteiger partial charge in [0.25, 0.3) is 5.91 Å². The molecule has 1 aromatic heterocycles. The summed E-state index contributed by atoms with van der Waals surface area (Å²) in [5, 5.41) is 17.1. The lowest BCUT2D eigenvalue weighted by Gasteiger charge is -2.47. The molecule has 0 radical (unpaired) electrons. The smallest absolute Gasteiger partial charge is 0.365 e. The van der Waals surface area contributed by atoms with Crippen LogP contribution in [-0.4, -0.2) is 39.2 Å². The van der Waals surface area contributed by atoms with Crippen molar-refractivity contribution in [2.75, 3.05) is 11.9 Å². The second kappa shape index (κ2) is 8.47. The molecule has 4 atom stereocenters. The van der Waals surface area contributed by atoms with E-state index in [1.807, 2.05) is 0 Å². The Kier molecular flexibility index (Phi) is 5.86. The Hall–Kier alpha value is -3.06. The van der Waals surface area contributed by atoms with Crippen LogP contribution in [0.2, 0.25) is 0 Å². The third-order valence-electron chi connectivity index (χ3n) is 6.60. The number of nitrogens with two attached hydrogens (primary N) is 1. The maximum absolute atomic E-state index is 12.8. The molecule has 2 aromatic rings. The van der Waals surface area contributed by atoms with E-state index in [1.54, 1.807) is 4.68 Å². The Balaban J connectivity index is 1.54. The van der Waals surface area contributed by atoms with Crippen LogP contribution in [0.15, 0.2) is 30.5 Å². The molecule has 1 aliphatic heterocycles. The number of rotatable bonds is 5. The molecule has 170 valence electrons. The molecule has 1 aromatic carbocycles. The molecule has 0 bridgehead atoms. The Morgan fingerprint density at radius 3 is 2.50 bits per heavy atom. The van der Waals surface area contributed by atoms with Crippen LogP contribution in [-0.2, 0) is 6.18 Å². The summed E-state index contributed by atoms with van der Waals surface area (Å²) >= 11 is 0. The number of amides is 1. The van der Waals surface area contributed by atoms with Gasteiger partial charge < -0.3 is 11.1 Å². The van der Waals surface area contributed by atoms with Gasteiger partial charge in [0, 0.05) is 30.5 Å². The van der Waals surface area contributed by atoms with E-state index in [9.17, 15) is 23.2 Å². The van der Waals surface area contributed by atoms with Crippen molar-refractivity contribution in [2.24, 2.45) is 11.7 Å². The van der Waals surface area contributed by atoms with Crippen molar-refractivity contribution in [3.8, 4) is 6.07 Å². The number of anilines is 2. The molecule has 7 nitrogen and oxygen atoms in total. The van der Waals surface area contributed by atoms with E-state index < -0.39 is 17.6 Å². The number of carbonyl (C=O) groups excluding carboxylic acids is 1. The van der Waals surface area contributed by atoms with Crippen molar-refractivity contribution in [2.45, 2.75) is 56.9 Å². The molecule has 0 spiro atoms. The molecule has 2 heterocycles. The molecule has 1 saturated heterocycles. The van der Waals surface area contributed by atoms with Gasteiger partial charge in [0.1, 0.15) is 5.56 Å². The molecule has 4 rings (SSSR count). The third kappa shape index (κ3) is 4.30. The molecule has 2 aliphatic rings. The van der Waals surface area contributed by atoms with Crippen LogP contribution in [0.4, 0.5) is 24.7 Å². The van der Waals surface area contributed by atoms with Gasteiger partial charge in [-0.3, -0.25) is 14.4 Å². The van der Waals surface area contributed by atoms with Gasteiger partial charge in [-0.05, 0) is 56.9 Å². The van der Waals surface area contributed by atoms with Crippen LogP contribution in [0.1, 0.15) is 54.6 Å². The summed E-state index contributed by atoms with van der Waals surface area (Å²) in [6, 6.07) is 7.55. The van der Waals surface area contributed by atoms with Crippen molar-refractivity contribution in [3.63, 3.8) is 0 Å². The zero-order chi connectivity index (χ0) is 23.0. The molecule has 32 heavy (non-hydrogen) atoms. The number of aromatic nitrogens is 2. The highest BCUT2D eigenvalue weighted by Crippen LogP contribution is 2.39. The van der Waals surface area contributed by atoms with Crippen LogP contribution in [0.3, 0.4) is 0 Å². The molecular formula is C22H25F3N6O. The molecule has 1 aliphatic carbocycles. The normalized spacial score (nSPS) is 26.2. The summed E-state index contributed by atoms with van der Waals surface area (Å²) in [4.78, 5) is 14.4. The quantitative estimate of drug-likeness (QED) is 0.721. The van der Waals surface area contributed by atoms with E-state index in [-0.39, 0.29) is 23.3 Å². The fraction of sp³-hybridized carbons (Fsp3) is 0.500. The third-order valence-corrected chi connectivity index (χ3v) is 6.60. The van der Waals surface area contributed by atoms with Gasteiger partial charge in [0.05, 0.1) is 23.6 Å². The number of nitriles is 1. The number of primary amides is 1. The van der Waals surface area contributed by atoms with Gasteiger partial charge in [-0.1, -0.05) is 0 Å². The van der Waals surface area contributed by atoms with Crippen LogP contribution in [0.25, 0.3) is 0 Å². The number of hydrogen-bond donors (Lipinski definition) is 2. The largest absolute Gasteiger partial charge is 0.416 e. The zero-order valence-electron chi connectivity index (χ0n) is 17.6. The number of carbonyl (C=O) groups is 1. The minimum atomic E-state index is -4.43. The monoisotopic (exact) mass is 446 g/mol. The lowest BCUT2D eigenvalue weighted by Crippen LogP contribution is -2.53. The van der Waals surface area contributed by atoms with E-state index in [0.717, 1.165) is 37.9 Å². The summed E-state index contributed by atoms with van der Waals surface area (Å²) in [6.07, 6.45) is 0.677. The highest BCUT2D eigenvalue weighted by Gasteiger charge is 2.39. The predicted octanol–water partition coefficient (Wildman–Crippen LogP) is 4.07. The van der Waals surface area contributed by atoms with Crippen molar-refractivity contribution >= 4 is 17.4 Å². The predicted molar refractivity (Wildman–Crippen MR) is 112 cm³/mol. The summed E-state index contributed by atoms with van der Waals surface area (Å²) < 4.78 is 40.0. The van der Waals surface area contributed by atoms with Crippen LogP contribution >= 0.6 is 0 Å². The Labute approximate surface area is 184 Å². The van der Waals surface area contributed by atoms with Crippen LogP contribution in [0.5, 0.6) is 0 Å². The minimum Gasteiger partial charge on any atom is -0.365 e. The Bertz CT molecular complexity index is 1030. The topological polar surface area (TPSA) is 100.0 Å². The molecule has 3 N–H and O–H groups in total. The highest BCUT2D eigenvalue weighted by molar-refractivity contribution is 5.98. The van der Waals surface area contributed by atoms with Crippen molar-refractivity contribution in [1.29, 1.82) is 5.26 Å². The van der Waals surface area contributed by atoms with Gasteiger partial charge in [-0.15, -0.1) is 0 Å². The van der Waals surface area contributed by atoms with Crippen molar-refractivity contribution in [1.82, 2.24) is 14.7 Å². The van der Waals surface area contributed by atoms with Crippen molar-refractivity contribution in [3.05, 3.63) is 41.6 Å². The van der Waals surface area contributed by atoms with Gasteiger partial charge in [-0.25, -0.2) is 0 Å². The number of nitrogens with zero attached hydrogens (tertiary/aromatic N) is 4. The second-order valence-corrected chi connectivity index (χ2v) is 8.58. The molecular weight excluding hydrogens is 421 g/mol. The first kappa shape index (κ1) is 22.1. The summed E-state index contributed by atoms with van der Waals surface area (Å²) in [5.74, 6) is -0.809. The molecule has 10 heteroatoms. The number of hydrogen-bond acceptors (Lipinski definition) is 5. The average Bonchev–Trinajstić information content (AvgIpc) is 3.16. The summed E-state index contributed by atoms with van der Waals surface area (Å²) in [7, 11) is 0. The minimum absolute atomic E-state index is 0.125. The van der Waals surface area contributed by atoms with Crippen LogP contribution in [0, 0.1) is 17.2 Å². The number of nitrogens with one attached hydrogen (secondary N) is 1. The fourth-order valence-corrected chi connectivity index (χ4v) is 4.68. The summed E-state index contributed by atoms with van der Waals surface area (Å²) in [6.45, 7) is 3.26. The van der Waals surface area contributed by atoms with E-state index in [4.69, 9.17) is 5.73 Å². The second-order valence-electron chi connectivity index (χ2n) is 8.58. The van der Waals surface area contributed by atoms with Crippen molar-refractivity contribution < 1.29 is 18.0 Å². The van der Waals surface area contributed by atoms with E-state index in [2.05, 4.69) is 28.3 Å². The number of halogens is 3. The van der Waals surface area contributed by atoms with Gasteiger partial charge in [0.2, 0.25) is 0 Å². The van der Waals surface area contributed by atoms with Gasteiger partial charge >= 0.3 is 6.18 Å². The first-order valence-electron chi connectivity index (χ1n) is 10.7. The average molecular weight is 446 g/mol. The first-order valence-corrected chi connectivity index (χ1v) is 10.7. The SMILES string of the molecule is CC1CCN1[C@@H]1CC[C@H](n2cc(C(N)=O)c(Nc3ccc(C(F)(F)F)cc3)n2)C(C#N)C1. The highest BCUT2D eigenvalue weighted by atomic mass is 19.4. The summed E-state index contributed by atoms with van der Waals surface area (Å²) in [5.41, 5.74) is 5.21. The number of likely N-dealkylation sites (tertiary alicyclic amines) is 1. The van der Waals surface area contributed by atoms with E-state index in [0.29, 0.717) is 17.8 Å². The molecule has 2 fully saturated rings. The Morgan fingerprint density at radius 1 is 1.25 bits per heavy atom. The zero-order valence-corrected chi connectivity index (χ0v) is 17.6. The first-order chi connectivity index (χ1) is 15.2. The molecule has 2 unspecified atom stereocenters. The molecule has 1 amide bonds. The fourth-order valence-electron chi connectivity index (χ4n) is 4.68. The maximum Gasteiger partial charge on any atom is 0.416 e. The Morgan fingerprint density at radius 2 is 1.97 bits per heavy atom. The maximum atomic E-state index is 12.8. The van der Waals surface area contributed by atoms with Gasteiger partial charge in [-0.2, -0.15) is 23.5 Å². The lowest BCUT2D eigenvalue weighted by atomic mass is 9.80. The number of benzene rings is 1. The lowest BCUT2D eigenvalue weighted by molar-refractivity contribution is -0.137. The van der Waals surface area contributed by atoms with E-state index >= 15 is 0 Å². The number of alkyl halides is 3. The van der Waals surface area contributed by atoms with Gasteiger partial charge in [0.15, 0.2) is 5.82 Å². The molecule has 1 saturated carbocycles. The van der Waals surface area contributed by atoms with Crippen LogP contribution < -0.4 is 11.1 Å². The standard InChI is InChI=1S/C22H25F3N6O/c1-13-8-9-30(13)17-6-7-19(14(10-17)11-26)31-12-18(20(27)32)21(29-31)28-16-4-2-15(3-5-16)22(23,24)25/h2-5,12-14,17,19H,6-10H2,1H3,(H2,27,32)(H,28,29)/t13?,14?,17-,19+/m1/s1.